The molecule has 2 aromatic rings. The summed E-state index contributed by atoms with van der Waals surface area (Å²) in [7, 11) is 0. The van der Waals surface area contributed by atoms with Crippen LogP contribution in [0.15, 0.2) is 34.9 Å². The summed E-state index contributed by atoms with van der Waals surface area (Å²) in [6, 6.07) is 6.18. The number of carbonyl (C=O) groups excluding carboxylic acids is 1. The average molecular weight is 190 g/mol. The molecule has 0 unspecified atom stereocenters. The third kappa shape index (κ3) is 1.26. The van der Waals surface area contributed by atoms with Crippen molar-refractivity contribution in [2.45, 2.75) is 0 Å². The molecule has 0 atom stereocenters. The van der Waals surface area contributed by atoms with Crippen molar-refractivity contribution in [3.05, 3.63) is 36.1 Å². The van der Waals surface area contributed by atoms with Crippen molar-refractivity contribution in [3.8, 4) is 0 Å². The molecule has 1 aromatic carbocycles. The van der Waals surface area contributed by atoms with Crippen LogP contribution in [-0.4, -0.2) is 16.9 Å². The fourth-order valence-corrected chi connectivity index (χ4v) is 1.23. The second-order valence-electron chi connectivity index (χ2n) is 2.81. The monoisotopic (exact) mass is 190 g/mol. The highest BCUT2D eigenvalue weighted by molar-refractivity contribution is 6.40. The van der Waals surface area contributed by atoms with Gasteiger partial charge in [-0.1, -0.05) is 0 Å². The van der Waals surface area contributed by atoms with Crippen LogP contribution in [0, 0.1) is 0 Å². The number of rotatable bonds is 2. The molecule has 0 saturated heterocycles. The van der Waals surface area contributed by atoms with Crippen molar-refractivity contribution in [2.24, 2.45) is 0 Å². The summed E-state index contributed by atoms with van der Waals surface area (Å²) < 4.78 is 5.05. The molecule has 2 rings (SSSR count). The first-order chi connectivity index (χ1) is 6.68. The minimum atomic E-state index is -1.45. The Balaban J connectivity index is 2.54. The Morgan fingerprint density at radius 1 is 1.21 bits per heavy atom. The summed E-state index contributed by atoms with van der Waals surface area (Å²) in [6.45, 7) is 0. The van der Waals surface area contributed by atoms with Gasteiger partial charge in [0.1, 0.15) is 5.58 Å². The van der Waals surface area contributed by atoms with E-state index in [1.807, 2.05) is 0 Å². The summed E-state index contributed by atoms with van der Waals surface area (Å²) in [5.74, 6) is -2.36. The van der Waals surface area contributed by atoms with Gasteiger partial charge in [-0.2, -0.15) is 0 Å². The Kier molecular flexibility index (Phi) is 1.81. The van der Waals surface area contributed by atoms with E-state index in [4.69, 9.17) is 9.52 Å². The number of fused-ring (bicyclic) bond motifs is 1. The van der Waals surface area contributed by atoms with E-state index >= 15 is 0 Å². The van der Waals surface area contributed by atoms with Gasteiger partial charge in [-0.15, -0.1) is 0 Å². The molecule has 0 radical (unpaired) electrons. The quantitative estimate of drug-likeness (QED) is 0.578. The van der Waals surface area contributed by atoms with Crippen molar-refractivity contribution < 1.29 is 19.1 Å². The molecule has 0 aliphatic carbocycles. The molecule has 1 heterocycles. The van der Waals surface area contributed by atoms with Crippen molar-refractivity contribution in [2.75, 3.05) is 0 Å². The lowest BCUT2D eigenvalue weighted by molar-refractivity contribution is -0.131. The molecule has 4 nitrogen and oxygen atoms in total. The fraction of sp³-hybridized carbons (Fsp3) is 0. The molecule has 1 aromatic heterocycles. The number of carboxylic acids is 1. The van der Waals surface area contributed by atoms with Crippen molar-refractivity contribution >= 4 is 22.7 Å². The smallest absolute Gasteiger partial charge is 0.377 e. The second kappa shape index (κ2) is 2.99. The lowest BCUT2D eigenvalue weighted by Gasteiger charge is -1.94. The van der Waals surface area contributed by atoms with Gasteiger partial charge < -0.3 is 9.52 Å². The topological polar surface area (TPSA) is 67.5 Å². The predicted molar refractivity (Wildman–Crippen MR) is 48.2 cm³/mol. The maximum atomic E-state index is 11.1. The van der Waals surface area contributed by atoms with E-state index in [9.17, 15) is 9.59 Å². The number of furan rings is 1. The van der Waals surface area contributed by atoms with Crippen molar-refractivity contribution in [1.82, 2.24) is 0 Å². The summed E-state index contributed by atoms with van der Waals surface area (Å²) in [4.78, 5) is 21.5. The van der Waals surface area contributed by atoms with Crippen LogP contribution in [0.25, 0.3) is 11.0 Å². The molecule has 0 amide bonds. The van der Waals surface area contributed by atoms with E-state index < -0.39 is 11.8 Å². The maximum absolute atomic E-state index is 11.1. The number of carboxylic acid groups (broad SMARTS) is 1. The molecule has 0 aliphatic heterocycles. The molecule has 0 saturated carbocycles. The highest BCUT2D eigenvalue weighted by atomic mass is 16.4. The molecule has 0 fully saturated rings. The van der Waals surface area contributed by atoms with E-state index in [0.717, 1.165) is 5.39 Å². The van der Waals surface area contributed by atoms with Crippen molar-refractivity contribution in [3.63, 3.8) is 0 Å². The van der Waals surface area contributed by atoms with Gasteiger partial charge in [-0.05, 0) is 24.3 Å². The van der Waals surface area contributed by atoms with Gasteiger partial charge in [0.05, 0.1) is 6.26 Å². The van der Waals surface area contributed by atoms with E-state index in [1.54, 1.807) is 12.1 Å². The second-order valence-corrected chi connectivity index (χ2v) is 2.81. The maximum Gasteiger partial charge on any atom is 0.377 e. The average Bonchev–Trinajstić information content (AvgIpc) is 2.62. The predicted octanol–water partition coefficient (Wildman–Crippen LogP) is 1.70. The van der Waals surface area contributed by atoms with E-state index in [1.165, 1.54) is 18.4 Å². The van der Waals surface area contributed by atoms with Gasteiger partial charge in [-0.3, -0.25) is 4.79 Å². The van der Waals surface area contributed by atoms with E-state index in [-0.39, 0.29) is 5.56 Å². The molecular weight excluding hydrogens is 184 g/mol. The highest BCUT2D eigenvalue weighted by Crippen LogP contribution is 2.17. The first-order valence-electron chi connectivity index (χ1n) is 3.93. The molecule has 0 aliphatic rings. The first kappa shape index (κ1) is 8.50. The fourth-order valence-electron chi connectivity index (χ4n) is 1.23. The molecule has 70 valence electrons. The van der Waals surface area contributed by atoms with Gasteiger partial charge >= 0.3 is 5.97 Å². The largest absolute Gasteiger partial charge is 0.475 e. The minimum absolute atomic E-state index is 0.159. The van der Waals surface area contributed by atoms with Gasteiger partial charge in [-0.25, -0.2) is 4.79 Å². The number of benzene rings is 1. The Hall–Kier alpha value is -2.10. The SMILES string of the molecule is O=C(O)C(=O)c1ccc2occc2c1. The van der Waals surface area contributed by atoms with Crippen LogP contribution in [-0.2, 0) is 4.79 Å². The highest BCUT2D eigenvalue weighted by Gasteiger charge is 2.14. The lowest BCUT2D eigenvalue weighted by Crippen LogP contribution is -2.12. The van der Waals surface area contributed by atoms with Crippen LogP contribution in [0.4, 0.5) is 0 Å². The normalized spacial score (nSPS) is 10.3. The summed E-state index contributed by atoms with van der Waals surface area (Å²) >= 11 is 0. The van der Waals surface area contributed by atoms with E-state index in [0.29, 0.717) is 5.58 Å². The number of aliphatic carboxylic acids is 1. The van der Waals surface area contributed by atoms with Crippen LogP contribution < -0.4 is 0 Å². The Morgan fingerprint density at radius 2 is 2.00 bits per heavy atom. The molecule has 1 N–H and O–H groups in total. The van der Waals surface area contributed by atoms with Gasteiger partial charge in [0, 0.05) is 10.9 Å². The molecule has 14 heavy (non-hydrogen) atoms. The Morgan fingerprint density at radius 3 is 2.71 bits per heavy atom. The summed E-state index contributed by atoms with van der Waals surface area (Å²) in [6.07, 6.45) is 1.49. The van der Waals surface area contributed by atoms with Crippen LogP contribution in [0.1, 0.15) is 10.4 Å². The zero-order valence-corrected chi connectivity index (χ0v) is 7.06. The third-order valence-electron chi connectivity index (χ3n) is 1.91. The first-order valence-corrected chi connectivity index (χ1v) is 3.93. The summed E-state index contributed by atoms with van der Waals surface area (Å²) in [5.41, 5.74) is 0.790. The lowest BCUT2D eigenvalue weighted by atomic mass is 10.1. The zero-order valence-electron chi connectivity index (χ0n) is 7.06. The third-order valence-corrected chi connectivity index (χ3v) is 1.91. The van der Waals surface area contributed by atoms with Crippen LogP contribution in [0.5, 0.6) is 0 Å². The number of hydrogen-bond donors (Lipinski definition) is 1. The minimum Gasteiger partial charge on any atom is -0.475 e. The zero-order chi connectivity index (χ0) is 10.1. The van der Waals surface area contributed by atoms with Gasteiger partial charge in [0.15, 0.2) is 0 Å². The van der Waals surface area contributed by atoms with Crippen LogP contribution in [0.3, 0.4) is 0 Å². The van der Waals surface area contributed by atoms with Gasteiger partial charge in [0.25, 0.3) is 5.78 Å². The standard InChI is InChI=1S/C10H6O4/c11-9(10(12)13)7-1-2-8-6(5-7)3-4-14-8/h1-5H,(H,12,13). The molecular formula is C10H6O4. The Labute approximate surface area is 78.8 Å². The number of ketones is 1. The molecule has 4 heteroatoms. The number of hydrogen-bond acceptors (Lipinski definition) is 3. The van der Waals surface area contributed by atoms with Gasteiger partial charge in [0.2, 0.25) is 0 Å². The van der Waals surface area contributed by atoms with Crippen LogP contribution >= 0.6 is 0 Å². The number of Topliss-reactive ketones (excluding diaryl/α,β-unsaturated/α-hetero) is 1. The summed E-state index contributed by atoms with van der Waals surface area (Å²) in [5, 5.41) is 9.20. The van der Waals surface area contributed by atoms with Crippen LogP contribution in [0.2, 0.25) is 0 Å². The molecule has 0 bridgehead atoms. The number of carbonyl (C=O) groups is 2. The van der Waals surface area contributed by atoms with E-state index in [2.05, 4.69) is 0 Å². The van der Waals surface area contributed by atoms with Crippen molar-refractivity contribution in [1.29, 1.82) is 0 Å². The molecule has 0 spiro atoms. The Bertz CT molecular complexity index is 510.